The molecule has 2 aromatic rings. The van der Waals surface area contributed by atoms with E-state index in [0.717, 1.165) is 11.3 Å². The van der Waals surface area contributed by atoms with Gasteiger partial charge in [0.1, 0.15) is 11.8 Å². The summed E-state index contributed by atoms with van der Waals surface area (Å²) in [6, 6.07) is 16.2. The Morgan fingerprint density at radius 2 is 1.70 bits per heavy atom. The Morgan fingerprint density at radius 3 is 2.30 bits per heavy atom. The van der Waals surface area contributed by atoms with E-state index in [1.807, 2.05) is 63.2 Å². The lowest BCUT2D eigenvalue weighted by molar-refractivity contribution is -0.141. The van der Waals surface area contributed by atoms with Gasteiger partial charge in [-0.25, -0.2) is 0 Å². The SMILES string of the molecule is C[C@H](C(=O)NC(C)(C)C)N(Cc1ccc(Cl)cc1)C(=O)CCCOc1ccccc1. The molecule has 0 aliphatic carbocycles. The minimum Gasteiger partial charge on any atom is -0.494 e. The average Bonchev–Trinajstić information content (AvgIpc) is 2.69. The summed E-state index contributed by atoms with van der Waals surface area (Å²) in [6.07, 6.45) is 0.867. The van der Waals surface area contributed by atoms with Gasteiger partial charge in [-0.1, -0.05) is 41.9 Å². The van der Waals surface area contributed by atoms with Gasteiger partial charge >= 0.3 is 0 Å². The molecule has 0 unspecified atom stereocenters. The van der Waals surface area contributed by atoms with Crippen LogP contribution in [-0.2, 0) is 16.1 Å². The van der Waals surface area contributed by atoms with Crippen LogP contribution in [-0.4, -0.2) is 34.9 Å². The molecule has 5 nitrogen and oxygen atoms in total. The van der Waals surface area contributed by atoms with Gasteiger partial charge in [0.25, 0.3) is 0 Å². The molecule has 0 aliphatic rings. The molecule has 1 atom stereocenters. The number of hydrogen-bond acceptors (Lipinski definition) is 3. The molecule has 0 heterocycles. The van der Waals surface area contributed by atoms with E-state index in [1.54, 1.807) is 24.0 Å². The highest BCUT2D eigenvalue weighted by Crippen LogP contribution is 2.16. The van der Waals surface area contributed by atoms with E-state index in [0.29, 0.717) is 31.0 Å². The summed E-state index contributed by atoms with van der Waals surface area (Å²) in [5, 5.41) is 3.59. The zero-order chi connectivity index (χ0) is 22.1. The van der Waals surface area contributed by atoms with Gasteiger partial charge in [-0.2, -0.15) is 0 Å². The molecule has 30 heavy (non-hydrogen) atoms. The summed E-state index contributed by atoms with van der Waals surface area (Å²) in [4.78, 5) is 27.3. The maximum atomic E-state index is 13.0. The summed E-state index contributed by atoms with van der Waals surface area (Å²) in [5.74, 6) is 0.518. The molecule has 0 fully saturated rings. The van der Waals surface area contributed by atoms with Crippen molar-refractivity contribution in [2.75, 3.05) is 6.61 Å². The largest absolute Gasteiger partial charge is 0.494 e. The van der Waals surface area contributed by atoms with Crippen LogP contribution < -0.4 is 10.1 Å². The van der Waals surface area contributed by atoms with Gasteiger partial charge in [0, 0.05) is 23.5 Å². The van der Waals surface area contributed by atoms with Crippen molar-refractivity contribution in [3.05, 3.63) is 65.2 Å². The Labute approximate surface area is 184 Å². The van der Waals surface area contributed by atoms with Crippen molar-refractivity contribution in [2.45, 2.75) is 58.7 Å². The molecular formula is C24H31ClN2O3. The van der Waals surface area contributed by atoms with E-state index in [2.05, 4.69) is 5.32 Å². The van der Waals surface area contributed by atoms with Crippen molar-refractivity contribution in [3.63, 3.8) is 0 Å². The molecule has 0 aromatic heterocycles. The van der Waals surface area contributed by atoms with Crippen molar-refractivity contribution in [1.29, 1.82) is 0 Å². The number of hydrogen-bond donors (Lipinski definition) is 1. The van der Waals surface area contributed by atoms with Crippen molar-refractivity contribution in [2.24, 2.45) is 0 Å². The molecule has 2 amide bonds. The minimum absolute atomic E-state index is 0.0850. The van der Waals surface area contributed by atoms with Crippen LogP contribution in [0.4, 0.5) is 0 Å². The summed E-state index contributed by atoms with van der Waals surface area (Å²) in [7, 11) is 0. The lowest BCUT2D eigenvalue weighted by atomic mass is 10.1. The van der Waals surface area contributed by atoms with Crippen LogP contribution in [0, 0.1) is 0 Å². The third-order valence-corrected chi connectivity index (χ3v) is 4.73. The topological polar surface area (TPSA) is 58.6 Å². The number of nitrogens with one attached hydrogen (secondary N) is 1. The molecule has 2 rings (SSSR count). The first-order valence-corrected chi connectivity index (χ1v) is 10.6. The van der Waals surface area contributed by atoms with Crippen molar-refractivity contribution < 1.29 is 14.3 Å². The second-order valence-corrected chi connectivity index (χ2v) is 8.76. The van der Waals surface area contributed by atoms with Gasteiger partial charge in [-0.15, -0.1) is 0 Å². The number of halogens is 1. The van der Waals surface area contributed by atoms with E-state index in [9.17, 15) is 9.59 Å². The van der Waals surface area contributed by atoms with Crippen LogP contribution in [0.25, 0.3) is 0 Å². The number of carbonyl (C=O) groups is 2. The predicted molar refractivity (Wildman–Crippen MR) is 121 cm³/mol. The number of nitrogens with zero attached hydrogens (tertiary/aromatic N) is 1. The van der Waals surface area contributed by atoms with E-state index < -0.39 is 6.04 Å². The molecule has 0 saturated heterocycles. The molecule has 2 aromatic carbocycles. The second-order valence-electron chi connectivity index (χ2n) is 8.33. The molecule has 0 radical (unpaired) electrons. The number of carbonyl (C=O) groups excluding carboxylic acids is 2. The Hall–Kier alpha value is -2.53. The molecule has 0 spiro atoms. The zero-order valence-electron chi connectivity index (χ0n) is 18.2. The van der Waals surface area contributed by atoms with Gasteiger partial charge in [0.2, 0.25) is 11.8 Å². The monoisotopic (exact) mass is 430 g/mol. The summed E-state index contributed by atoms with van der Waals surface area (Å²) in [5.41, 5.74) is 0.549. The van der Waals surface area contributed by atoms with E-state index in [4.69, 9.17) is 16.3 Å². The summed E-state index contributed by atoms with van der Waals surface area (Å²) in [6.45, 7) is 8.30. The Balaban J connectivity index is 2.02. The lowest BCUT2D eigenvalue weighted by Crippen LogP contribution is -2.52. The highest BCUT2D eigenvalue weighted by Gasteiger charge is 2.28. The molecule has 6 heteroatoms. The summed E-state index contributed by atoms with van der Waals surface area (Å²) < 4.78 is 5.68. The third-order valence-electron chi connectivity index (χ3n) is 4.48. The minimum atomic E-state index is -0.595. The van der Waals surface area contributed by atoms with E-state index >= 15 is 0 Å². The lowest BCUT2D eigenvalue weighted by Gasteiger charge is -2.31. The molecule has 1 N–H and O–H groups in total. The molecular weight excluding hydrogens is 400 g/mol. The Kier molecular flexibility index (Phi) is 8.72. The first-order chi connectivity index (χ1) is 14.2. The van der Waals surface area contributed by atoms with E-state index in [1.165, 1.54) is 0 Å². The molecule has 0 bridgehead atoms. The highest BCUT2D eigenvalue weighted by molar-refractivity contribution is 6.30. The molecule has 0 aliphatic heterocycles. The maximum absolute atomic E-state index is 13.0. The Morgan fingerprint density at radius 1 is 1.07 bits per heavy atom. The van der Waals surface area contributed by atoms with Crippen LogP contribution in [0.3, 0.4) is 0 Å². The van der Waals surface area contributed by atoms with Crippen LogP contribution in [0.2, 0.25) is 5.02 Å². The summed E-state index contributed by atoms with van der Waals surface area (Å²) >= 11 is 5.97. The fourth-order valence-corrected chi connectivity index (χ4v) is 3.04. The smallest absolute Gasteiger partial charge is 0.242 e. The third kappa shape index (κ3) is 8.07. The van der Waals surface area contributed by atoms with Crippen molar-refractivity contribution >= 4 is 23.4 Å². The maximum Gasteiger partial charge on any atom is 0.242 e. The quantitative estimate of drug-likeness (QED) is 0.579. The van der Waals surface area contributed by atoms with Gasteiger partial charge in [0.05, 0.1) is 6.61 Å². The zero-order valence-corrected chi connectivity index (χ0v) is 18.9. The number of para-hydroxylation sites is 1. The fraction of sp³-hybridized carbons (Fsp3) is 0.417. The van der Waals surface area contributed by atoms with Gasteiger partial charge in [-0.3, -0.25) is 9.59 Å². The van der Waals surface area contributed by atoms with Crippen LogP contribution in [0.5, 0.6) is 5.75 Å². The van der Waals surface area contributed by atoms with E-state index in [-0.39, 0.29) is 17.4 Å². The van der Waals surface area contributed by atoms with Crippen molar-refractivity contribution in [3.8, 4) is 5.75 Å². The number of benzene rings is 2. The first-order valence-electron chi connectivity index (χ1n) is 10.2. The fourth-order valence-electron chi connectivity index (χ4n) is 2.92. The Bertz CT molecular complexity index is 817. The number of rotatable bonds is 9. The van der Waals surface area contributed by atoms with Crippen LogP contribution in [0.15, 0.2) is 54.6 Å². The van der Waals surface area contributed by atoms with Gasteiger partial charge in [-0.05, 0) is 63.9 Å². The molecule has 162 valence electrons. The first kappa shape index (κ1) is 23.7. The second kappa shape index (κ2) is 11.0. The predicted octanol–water partition coefficient (Wildman–Crippen LogP) is 4.83. The standard InChI is InChI=1S/C24H31ClN2O3/c1-18(23(29)26-24(2,3)4)27(17-19-12-14-20(25)15-13-19)22(28)11-8-16-30-21-9-6-5-7-10-21/h5-7,9-10,12-15,18H,8,11,16-17H2,1-4H3,(H,26,29)/t18-/m1/s1. The van der Waals surface area contributed by atoms with Gasteiger partial charge in [0.15, 0.2) is 0 Å². The van der Waals surface area contributed by atoms with Crippen LogP contribution >= 0.6 is 11.6 Å². The number of ether oxygens (including phenoxy) is 1. The van der Waals surface area contributed by atoms with Crippen molar-refractivity contribution in [1.82, 2.24) is 10.2 Å². The average molecular weight is 431 g/mol. The highest BCUT2D eigenvalue weighted by atomic mass is 35.5. The molecule has 0 saturated carbocycles. The van der Waals surface area contributed by atoms with Crippen LogP contribution in [0.1, 0.15) is 46.1 Å². The number of amides is 2. The van der Waals surface area contributed by atoms with Gasteiger partial charge < -0.3 is 15.0 Å². The normalized spacial score (nSPS) is 12.2.